The van der Waals surface area contributed by atoms with Crippen molar-refractivity contribution in [3.8, 4) is 0 Å². The molecule has 0 spiro atoms. The van der Waals surface area contributed by atoms with Crippen LogP contribution in [0.3, 0.4) is 0 Å². The van der Waals surface area contributed by atoms with Crippen molar-refractivity contribution in [2.45, 2.75) is 0 Å². The van der Waals surface area contributed by atoms with Gasteiger partial charge in [-0.2, -0.15) is 4.99 Å². The lowest BCUT2D eigenvalue weighted by atomic mass is 10.9. The van der Waals surface area contributed by atoms with Gasteiger partial charge in [0, 0.05) is 0 Å². The summed E-state index contributed by atoms with van der Waals surface area (Å²) in [4.78, 5) is 3.22. The van der Waals surface area contributed by atoms with Crippen molar-refractivity contribution in [1.29, 1.82) is 5.41 Å². The third kappa shape index (κ3) is 6.99. The maximum absolute atomic E-state index is 6.54. The minimum Gasteiger partial charge on any atom is -0.368 e. The number of hydrazine groups is 1. The number of nitrogens with zero attached hydrogens (tertiary/aromatic N) is 1. The van der Waals surface area contributed by atoms with E-state index < -0.39 is 0 Å². The quantitative estimate of drug-likeness (QED) is 0.120. The lowest BCUT2D eigenvalue weighted by Crippen LogP contribution is -2.38. The summed E-state index contributed by atoms with van der Waals surface area (Å²) in [7, 11) is 0. The molecule has 54 valence electrons. The number of hydrogen-bond donors (Lipinski definition) is 5. The van der Waals surface area contributed by atoms with Crippen molar-refractivity contribution in [2.24, 2.45) is 22.3 Å². The molecule has 0 aliphatic heterocycles. The molecule has 0 aromatic carbocycles. The molecule has 0 aromatic heterocycles. The Morgan fingerprint density at radius 2 is 1.89 bits per heavy atom. The van der Waals surface area contributed by atoms with Gasteiger partial charge < -0.3 is 11.5 Å². The molecule has 0 heterocycles. The molecule has 0 amide bonds. The van der Waals surface area contributed by atoms with Crippen molar-refractivity contribution in [1.82, 2.24) is 5.43 Å². The van der Waals surface area contributed by atoms with Crippen LogP contribution >= 0.6 is 12.4 Å². The fourth-order valence-corrected chi connectivity index (χ4v) is 0.162. The van der Waals surface area contributed by atoms with Gasteiger partial charge in [-0.1, -0.05) is 0 Å². The largest absolute Gasteiger partial charge is 0.368 e. The van der Waals surface area contributed by atoms with Crippen LogP contribution in [0.25, 0.3) is 0 Å². The van der Waals surface area contributed by atoms with Gasteiger partial charge in [0.1, 0.15) is 0 Å². The van der Waals surface area contributed by atoms with Crippen LogP contribution in [0, 0.1) is 5.41 Å². The van der Waals surface area contributed by atoms with Gasteiger partial charge >= 0.3 is 0 Å². The molecule has 0 fully saturated rings. The minimum absolute atomic E-state index is 0. The van der Waals surface area contributed by atoms with E-state index >= 15 is 0 Å². The first-order valence-electron chi connectivity index (χ1n) is 1.81. The molecular formula is C2H9ClN6. The molecule has 0 atom stereocenters. The SMILES string of the molecule is Cl.N=C(N)/N=C(/N)NN. The number of guanidine groups is 2. The van der Waals surface area contributed by atoms with Crippen LogP contribution in [-0.2, 0) is 0 Å². The molecule has 0 saturated carbocycles. The van der Waals surface area contributed by atoms with Crippen molar-refractivity contribution >= 4 is 24.3 Å². The van der Waals surface area contributed by atoms with Gasteiger partial charge in [0.2, 0.25) is 11.9 Å². The van der Waals surface area contributed by atoms with Gasteiger partial charge in [0.05, 0.1) is 0 Å². The smallest absolute Gasteiger partial charge is 0.215 e. The van der Waals surface area contributed by atoms with Gasteiger partial charge in [0.15, 0.2) is 0 Å². The monoisotopic (exact) mass is 152 g/mol. The standard InChI is InChI=1S/C2H8N6.ClH/c3-1(4)7-2(5)8-6;/h6H2,(H6,3,4,5,7,8);1H. The van der Waals surface area contributed by atoms with Crippen LogP contribution in [0.5, 0.6) is 0 Å². The van der Waals surface area contributed by atoms with Crippen LogP contribution in [0.4, 0.5) is 0 Å². The van der Waals surface area contributed by atoms with Crippen LogP contribution in [0.2, 0.25) is 0 Å². The first kappa shape index (κ1) is 10.9. The topological polar surface area (TPSA) is 126 Å². The molecule has 0 aliphatic carbocycles. The van der Waals surface area contributed by atoms with Crippen molar-refractivity contribution in [3.63, 3.8) is 0 Å². The summed E-state index contributed by atoms with van der Waals surface area (Å²) in [5.41, 5.74) is 11.8. The summed E-state index contributed by atoms with van der Waals surface area (Å²) in [6, 6.07) is 0. The van der Waals surface area contributed by atoms with Crippen LogP contribution in [0.15, 0.2) is 4.99 Å². The van der Waals surface area contributed by atoms with E-state index in [9.17, 15) is 0 Å². The number of nitrogens with one attached hydrogen (secondary N) is 2. The first-order chi connectivity index (χ1) is 3.66. The zero-order valence-corrected chi connectivity index (χ0v) is 5.40. The summed E-state index contributed by atoms with van der Waals surface area (Å²) in [6.07, 6.45) is 0. The maximum Gasteiger partial charge on any atom is 0.215 e. The lowest BCUT2D eigenvalue weighted by Gasteiger charge is -1.93. The molecule has 0 aliphatic rings. The Hall–Kier alpha value is -1.01. The van der Waals surface area contributed by atoms with Crippen LogP contribution in [-0.4, -0.2) is 11.9 Å². The Balaban J connectivity index is 0. The average molecular weight is 153 g/mol. The summed E-state index contributed by atoms with van der Waals surface area (Å²) in [6.45, 7) is 0. The van der Waals surface area contributed by atoms with Crippen LogP contribution < -0.4 is 22.7 Å². The van der Waals surface area contributed by atoms with E-state index in [2.05, 4.69) is 4.99 Å². The molecule has 0 radical (unpaired) electrons. The van der Waals surface area contributed by atoms with Gasteiger partial charge in [-0.25, -0.2) is 5.84 Å². The molecule has 6 nitrogen and oxygen atoms in total. The van der Waals surface area contributed by atoms with E-state index in [0.717, 1.165) is 0 Å². The first-order valence-corrected chi connectivity index (χ1v) is 1.81. The molecule has 0 bridgehead atoms. The molecule has 9 heavy (non-hydrogen) atoms. The van der Waals surface area contributed by atoms with Crippen molar-refractivity contribution < 1.29 is 0 Å². The molecule has 7 heteroatoms. The predicted molar refractivity (Wildman–Crippen MR) is 38.1 cm³/mol. The highest BCUT2D eigenvalue weighted by Crippen LogP contribution is 1.59. The summed E-state index contributed by atoms with van der Waals surface area (Å²) < 4.78 is 0. The van der Waals surface area contributed by atoms with E-state index in [0.29, 0.717) is 0 Å². The molecule has 0 aromatic rings. The molecule has 0 rings (SSSR count). The number of aliphatic imine (C=N–C) groups is 1. The Bertz CT molecular complexity index is 118. The summed E-state index contributed by atoms with van der Waals surface area (Å²) in [5.74, 6) is 4.32. The highest BCUT2D eigenvalue weighted by Gasteiger charge is 1.83. The zero-order valence-electron chi connectivity index (χ0n) is 4.59. The second-order valence-corrected chi connectivity index (χ2v) is 1.03. The number of rotatable bonds is 0. The molecule has 8 N–H and O–H groups in total. The van der Waals surface area contributed by atoms with E-state index in [-0.39, 0.29) is 24.3 Å². The van der Waals surface area contributed by atoms with Crippen molar-refractivity contribution in [2.75, 3.05) is 0 Å². The van der Waals surface area contributed by atoms with Crippen molar-refractivity contribution in [3.05, 3.63) is 0 Å². The molecule has 0 saturated heterocycles. The molecular weight excluding hydrogens is 144 g/mol. The lowest BCUT2D eigenvalue weighted by molar-refractivity contribution is 1.01. The third-order valence-corrected chi connectivity index (χ3v) is 0.389. The normalized spacial score (nSPS) is 9.67. The summed E-state index contributed by atoms with van der Waals surface area (Å²) >= 11 is 0. The van der Waals surface area contributed by atoms with Gasteiger partial charge in [0.25, 0.3) is 0 Å². The highest BCUT2D eigenvalue weighted by molar-refractivity contribution is 5.91. The second kappa shape index (κ2) is 5.13. The van der Waals surface area contributed by atoms with Gasteiger partial charge in [-0.3, -0.25) is 10.8 Å². The zero-order chi connectivity index (χ0) is 6.57. The Morgan fingerprint density at radius 1 is 1.44 bits per heavy atom. The fraction of sp³-hybridized carbons (Fsp3) is 0. The number of nitrogens with two attached hydrogens (primary N) is 3. The van der Waals surface area contributed by atoms with Crippen LogP contribution in [0.1, 0.15) is 0 Å². The number of halogens is 1. The second-order valence-electron chi connectivity index (χ2n) is 1.03. The maximum atomic E-state index is 6.54. The Morgan fingerprint density at radius 3 is 2.00 bits per heavy atom. The summed E-state index contributed by atoms with van der Waals surface area (Å²) in [5, 5.41) is 6.54. The highest BCUT2D eigenvalue weighted by atomic mass is 35.5. The molecule has 0 unspecified atom stereocenters. The number of hydrogen-bond acceptors (Lipinski definition) is 2. The Kier molecular flexibility index (Phi) is 6.21. The van der Waals surface area contributed by atoms with E-state index in [1.54, 1.807) is 0 Å². The fourth-order valence-electron chi connectivity index (χ4n) is 0.162. The van der Waals surface area contributed by atoms with E-state index in [1.807, 2.05) is 5.43 Å². The van der Waals surface area contributed by atoms with Gasteiger partial charge in [-0.05, 0) is 0 Å². The van der Waals surface area contributed by atoms with Gasteiger partial charge in [-0.15, -0.1) is 12.4 Å². The third-order valence-electron chi connectivity index (χ3n) is 0.389. The average Bonchev–Trinajstić information content (AvgIpc) is 1.65. The van der Waals surface area contributed by atoms with E-state index in [4.69, 9.17) is 22.7 Å². The van der Waals surface area contributed by atoms with E-state index in [1.165, 1.54) is 0 Å². The Labute approximate surface area is 58.4 Å². The minimum atomic E-state index is -0.375. The predicted octanol–water partition coefficient (Wildman–Crippen LogP) is -1.92.